The van der Waals surface area contributed by atoms with Crippen LogP contribution in [-0.2, 0) is 6.18 Å². The number of halogens is 3. The number of carbonyl (C=O) groups excluding carboxylic acids is 1. The minimum absolute atomic E-state index is 0.176. The Morgan fingerprint density at radius 3 is 2.52 bits per heavy atom. The highest BCUT2D eigenvalue weighted by Crippen LogP contribution is 2.27. The van der Waals surface area contributed by atoms with E-state index in [-0.39, 0.29) is 5.69 Å². The number of nitrogens with zero attached hydrogens (tertiary/aromatic N) is 1. The number of nitrogen functional groups attached to an aromatic ring is 1. The molecule has 0 aliphatic carbocycles. The van der Waals surface area contributed by atoms with Crippen LogP contribution in [0.2, 0.25) is 0 Å². The average molecular weight is 295 g/mol. The first-order valence-electron chi connectivity index (χ1n) is 5.98. The molecule has 0 spiro atoms. The van der Waals surface area contributed by atoms with Gasteiger partial charge in [-0.3, -0.25) is 4.79 Å². The number of nitrogens with one attached hydrogen (secondary N) is 1. The van der Waals surface area contributed by atoms with Gasteiger partial charge in [0.05, 0.1) is 11.9 Å². The smallest absolute Gasteiger partial charge is 0.399 e. The van der Waals surface area contributed by atoms with Gasteiger partial charge in [-0.25, -0.2) is 4.98 Å². The summed E-state index contributed by atoms with van der Waals surface area (Å²) in [5.74, 6) is -0.457. The van der Waals surface area contributed by atoms with E-state index < -0.39 is 17.8 Å². The third-order valence-corrected chi connectivity index (χ3v) is 2.82. The molecule has 2 rings (SSSR count). The van der Waals surface area contributed by atoms with Crippen LogP contribution in [0.3, 0.4) is 0 Å². The zero-order chi connectivity index (χ0) is 15.6. The largest absolute Gasteiger partial charge is 0.433 e. The van der Waals surface area contributed by atoms with Crippen molar-refractivity contribution in [2.24, 2.45) is 0 Å². The monoisotopic (exact) mass is 295 g/mol. The molecule has 110 valence electrons. The zero-order valence-electron chi connectivity index (χ0n) is 11.0. The van der Waals surface area contributed by atoms with Crippen molar-refractivity contribution in [1.29, 1.82) is 0 Å². The summed E-state index contributed by atoms with van der Waals surface area (Å²) < 4.78 is 37.1. The maximum atomic E-state index is 12.4. The number of anilines is 2. The molecule has 0 aliphatic rings. The van der Waals surface area contributed by atoms with Crippen molar-refractivity contribution in [2.45, 2.75) is 13.1 Å². The van der Waals surface area contributed by atoms with Crippen LogP contribution in [0, 0.1) is 6.92 Å². The summed E-state index contributed by atoms with van der Waals surface area (Å²) in [5, 5.41) is 2.48. The lowest BCUT2D eigenvalue weighted by atomic mass is 10.1. The van der Waals surface area contributed by atoms with Gasteiger partial charge in [0.1, 0.15) is 5.69 Å². The van der Waals surface area contributed by atoms with Crippen LogP contribution < -0.4 is 11.1 Å². The number of aryl methyl sites for hydroxylation is 1. The fourth-order valence-electron chi connectivity index (χ4n) is 1.72. The van der Waals surface area contributed by atoms with Crippen LogP contribution in [0.1, 0.15) is 21.6 Å². The molecule has 0 aliphatic heterocycles. The van der Waals surface area contributed by atoms with Gasteiger partial charge in [-0.2, -0.15) is 13.2 Å². The fraction of sp³-hybridized carbons (Fsp3) is 0.143. The summed E-state index contributed by atoms with van der Waals surface area (Å²) in [4.78, 5) is 15.3. The number of hydrogen-bond acceptors (Lipinski definition) is 3. The Labute approximate surface area is 118 Å². The topological polar surface area (TPSA) is 68.0 Å². The second-order valence-electron chi connectivity index (χ2n) is 4.46. The van der Waals surface area contributed by atoms with Crippen molar-refractivity contribution >= 4 is 17.3 Å². The van der Waals surface area contributed by atoms with Gasteiger partial charge < -0.3 is 11.1 Å². The lowest BCUT2D eigenvalue weighted by Gasteiger charge is -2.09. The Balaban J connectivity index is 2.18. The van der Waals surface area contributed by atoms with Crippen LogP contribution in [-0.4, -0.2) is 10.9 Å². The van der Waals surface area contributed by atoms with Crippen molar-refractivity contribution in [3.05, 3.63) is 53.3 Å². The maximum absolute atomic E-state index is 12.4. The lowest BCUT2D eigenvalue weighted by Crippen LogP contribution is -2.15. The Bertz CT molecular complexity index is 666. The molecule has 3 N–H and O–H groups in total. The molecule has 1 aromatic carbocycles. The van der Waals surface area contributed by atoms with E-state index in [9.17, 15) is 18.0 Å². The van der Waals surface area contributed by atoms with Gasteiger partial charge in [-0.05, 0) is 36.8 Å². The second kappa shape index (κ2) is 5.43. The van der Waals surface area contributed by atoms with Crippen molar-refractivity contribution < 1.29 is 18.0 Å². The number of benzene rings is 1. The van der Waals surface area contributed by atoms with Crippen LogP contribution in [0.15, 0.2) is 36.5 Å². The highest BCUT2D eigenvalue weighted by molar-refractivity contribution is 6.05. The van der Waals surface area contributed by atoms with Crippen LogP contribution in [0.25, 0.3) is 0 Å². The summed E-state index contributed by atoms with van der Waals surface area (Å²) in [6, 6.07) is 6.81. The van der Waals surface area contributed by atoms with E-state index in [0.717, 1.165) is 18.3 Å². The van der Waals surface area contributed by atoms with E-state index in [0.29, 0.717) is 16.8 Å². The fourth-order valence-corrected chi connectivity index (χ4v) is 1.72. The molecule has 4 nitrogen and oxygen atoms in total. The van der Waals surface area contributed by atoms with Gasteiger partial charge in [0.2, 0.25) is 0 Å². The molecule has 1 aromatic heterocycles. The number of alkyl halides is 3. The third-order valence-electron chi connectivity index (χ3n) is 2.82. The predicted molar refractivity (Wildman–Crippen MR) is 72.8 cm³/mol. The number of pyridine rings is 1. The molecular formula is C14H12F3N3O. The maximum Gasteiger partial charge on any atom is 0.433 e. The van der Waals surface area contributed by atoms with Gasteiger partial charge in [-0.15, -0.1) is 0 Å². The molecule has 0 atom stereocenters. The summed E-state index contributed by atoms with van der Waals surface area (Å²) in [5.41, 5.74) is 6.26. The van der Waals surface area contributed by atoms with Gasteiger partial charge >= 0.3 is 6.18 Å². The van der Waals surface area contributed by atoms with E-state index in [2.05, 4.69) is 10.3 Å². The number of nitrogens with two attached hydrogens (primary N) is 1. The third kappa shape index (κ3) is 3.50. The molecule has 0 bridgehead atoms. The van der Waals surface area contributed by atoms with Crippen molar-refractivity contribution in [3.63, 3.8) is 0 Å². The van der Waals surface area contributed by atoms with E-state index >= 15 is 0 Å². The van der Waals surface area contributed by atoms with Crippen molar-refractivity contribution in [2.75, 3.05) is 11.1 Å². The Morgan fingerprint density at radius 1 is 1.24 bits per heavy atom. The van der Waals surface area contributed by atoms with E-state index in [1.54, 1.807) is 19.1 Å². The van der Waals surface area contributed by atoms with E-state index in [1.807, 2.05) is 0 Å². The van der Waals surface area contributed by atoms with Gasteiger partial charge in [0.25, 0.3) is 5.91 Å². The zero-order valence-corrected chi connectivity index (χ0v) is 11.0. The van der Waals surface area contributed by atoms with E-state index in [1.165, 1.54) is 6.07 Å². The summed E-state index contributed by atoms with van der Waals surface area (Å²) in [6.07, 6.45) is -3.55. The van der Waals surface area contributed by atoms with Gasteiger partial charge in [-0.1, -0.05) is 6.07 Å². The number of carbonyl (C=O) groups is 1. The summed E-state index contributed by atoms with van der Waals surface area (Å²) in [6.45, 7) is 1.74. The first kappa shape index (κ1) is 14.8. The highest BCUT2D eigenvalue weighted by Gasteiger charge is 2.32. The lowest BCUT2D eigenvalue weighted by molar-refractivity contribution is -0.141. The predicted octanol–water partition coefficient (Wildman–Crippen LogP) is 3.24. The molecule has 1 heterocycles. The second-order valence-corrected chi connectivity index (χ2v) is 4.46. The number of aromatic nitrogens is 1. The number of rotatable bonds is 2. The molecule has 0 radical (unpaired) electrons. The van der Waals surface area contributed by atoms with Crippen molar-refractivity contribution in [1.82, 2.24) is 4.98 Å². The Kier molecular flexibility index (Phi) is 3.84. The van der Waals surface area contributed by atoms with Gasteiger partial charge in [0.15, 0.2) is 0 Å². The highest BCUT2D eigenvalue weighted by atomic mass is 19.4. The average Bonchev–Trinajstić information content (AvgIpc) is 2.41. The minimum atomic E-state index is -4.51. The number of hydrogen-bond donors (Lipinski definition) is 2. The normalized spacial score (nSPS) is 11.2. The summed E-state index contributed by atoms with van der Waals surface area (Å²) in [7, 11) is 0. The minimum Gasteiger partial charge on any atom is -0.399 e. The SMILES string of the molecule is Cc1ccc(N)cc1C(=O)Nc1ccc(C(F)(F)F)nc1. The molecule has 0 saturated carbocycles. The molecule has 0 saturated heterocycles. The molecule has 0 fully saturated rings. The first-order valence-corrected chi connectivity index (χ1v) is 5.98. The molecule has 21 heavy (non-hydrogen) atoms. The Morgan fingerprint density at radius 2 is 1.95 bits per heavy atom. The van der Waals surface area contributed by atoms with Gasteiger partial charge in [0, 0.05) is 11.3 Å². The van der Waals surface area contributed by atoms with Crippen LogP contribution in [0.4, 0.5) is 24.5 Å². The molecule has 7 heteroatoms. The molecule has 1 amide bonds. The van der Waals surface area contributed by atoms with E-state index in [4.69, 9.17) is 5.73 Å². The molecular weight excluding hydrogens is 283 g/mol. The quantitative estimate of drug-likeness (QED) is 0.836. The van der Waals surface area contributed by atoms with Crippen molar-refractivity contribution in [3.8, 4) is 0 Å². The standard InChI is InChI=1S/C14H12F3N3O/c1-8-2-3-9(18)6-11(8)13(21)20-10-4-5-12(19-7-10)14(15,16)17/h2-7H,18H2,1H3,(H,20,21). The van der Waals surface area contributed by atoms with Crippen LogP contribution in [0.5, 0.6) is 0 Å². The Hall–Kier alpha value is -2.57. The number of amides is 1. The first-order chi connectivity index (χ1) is 9.77. The molecule has 2 aromatic rings. The summed E-state index contributed by atoms with van der Waals surface area (Å²) >= 11 is 0. The molecule has 0 unspecified atom stereocenters. The van der Waals surface area contributed by atoms with Crippen LogP contribution >= 0.6 is 0 Å².